The molecule has 0 radical (unpaired) electrons. The van der Waals surface area contributed by atoms with Crippen molar-refractivity contribution in [1.29, 1.82) is 0 Å². The number of hydrogen-bond donors (Lipinski definition) is 3. The van der Waals surface area contributed by atoms with E-state index in [0.717, 1.165) is 62.5 Å². The number of rotatable bonds is 9. The number of nitrogens with zero attached hydrogens (tertiary/aromatic N) is 8. The number of anilines is 7. The number of piperidine rings is 1. The fraction of sp³-hybridized carbons (Fsp3) is 0.438. The zero-order chi connectivity index (χ0) is 33.3. The summed E-state index contributed by atoms with van der Waals surface area (Å²) in [6.45, 7) is 8.81. The van der Waals surface area contributed by atoms with Gasteiger partial charge in [-0.3, -0.25) is 19.6 Å². The lowest BCUT2D eigenvalue weighted by Gasteiger charge is -2.43. The van der Waals surface area contributed by atoms with Gasteiger partial charge >= 0.3 is 0 Å². The molecule has 0 aliphatic carbocycles. The molecule has 13 nitrogen and oxygen atoms in total. The van der Waals surface area contributed by atoms with Crippen molar-refractivity contribution in [2.24, 2.45) is 0 Å². The van der Waals surface area contributed by atoms with Crippen LogP contribution >= 0.6 is 11.6 Å². The molecule has 0 bridgehead atoms. The van der Waals surface area contributed by atoms with E-state index in [1.54, 1.807) is 18.3 Å². The Kier molecular flexibility index (Phi) is 9.55. The number of sulfonamides is 1. The summed E-state index contributed by atoms with van der Waals surface area (Å²) >= 11 is 6.53. The van der Waals surface area contributed by atoms with Crippen molar-refractivity contribution in [3.8, 4) is 0 Å². The highest BCUT2D eigenvalue weighted by Gasteiger charge is 2.28. The summed E-state index contributed by atoms with van der Waals surface area (Å²) in [5, 5.41) is 6.82. The van der Waals surface area contributed by atoms with Crippen LogP contribution < -0.4 is 25.2 Å². The molecule has 15 heteroatoms. The van der Waals surface area contributed by atoms with Crippen molar-refractivity contribution >= 4 is 72.9 Å². The number of likely N-dealkylation sites (N-methyl/N-ethyl adjacent to an activating group) is 1. The molecule has 2 saturated heterocycles. The Bertz CT molecular complexity index is 1860. The number of benzene rings is 2. The van der Waals surface area contributed by atoms with Gasteiger partial charge in [-0.1, -0.05) is 11.6 Å². The summed E-state index contributed by atoms with van der Waals surface area (Å²) in [6.07, 6.45) is 7.97. The van der Waals surface area contributed by atoms with Gasteiger partial charge in [-0.25, -0.2) is 13.4 Å². The minimum atomic E-state index is -3.63. The summed E-state index contributed by atoms with van der Waals surface area (Å²) in [5.41, 5.74) is 5.86. The Morgan fingerprint density at radius 3 is 2.36 bits per heavy atom. The van der Waals surface area contributed by atoms with Crippen molar-refractivity contribution in [1.82, 2.24) is 29.7 Å². The molecule has 0 saturated carbocycles. The van der Waals surface area contributed by atoms with Crippen molar-refractivity contribution in [3.05, 3.63) is 53.4 Å². The molecule has 47 heavy (non-hydrogen) atoms. The second kappa shape index (κ2) is 13.6. The second-order valence-corrected chi connectivity index (χ2v) is 14.7. The fourth-order valence-corrected chi connectivity index (χ4v) is 7.06. The van der Waals surface area contributed by atoms with Gasteiger partial charge in [-0.05, 0) is 56.6 Å². The Morgan fingerprint density at radius 2 is 1.66 bits per heavy atom. The average Bonchev–Trinajstić information content (AvgIpc) is 3.03. The smallest absolute Gasteiger partial charge is 0.229 e. The second-order valence-electron chi connectivity index (χ2n) is 12.5. The molecule has 2 aliphatic heterocycles. The van der Waals surface area contributed by atoms with E-state index in [9.17, 15) is 8.42 Å². The lowest BCUT2D eigenvalue weighted by atomic mass is 10.00. The van der Waals surface area contributed by atoms with Crippen molar-refractivity contribution in [2.75, 3.05) is 91.8 Å². The molecule has 2 aromatic heterocycles. The van der Waals surface area contributed by atoms with Gasteiger partial charge in [0.15, 0.2) is 5.82 Å². The van der Waals surface area contributed by atoms with Crippen LogP contribution in [0.5, 0.6) is 0 Å². The first-order chi connectivity index (χ1) is 22.4. The van der Waals surface area contributed by atoms with Gasteiger partial charge < -0.3 is 25.3 Å². The molecule has 0 amide bonds. The maximum Gasteiger partial charge on any atom is 0.229 e. The molecule has 2 aliphatic rings. The number of fused-ring (bicyclic) bond motifs is 1. The zero-order valence-electron chi connectivity index (χ0n) is 27.5. The Morgan fingerprint density at radius 1 is 0.936 bits per heavy atom. The molecule has 3 N–H and O–H groups in total. The minimum absolute atomic E-state index is 0.246. The largest absolute Gasteiger partial charge is 0.376 e. The summed E-state index contributed by atoms with van der Waals surface area (Å²) in [4.78, 5) is 27.4. The van der Waals surface area contributed by atoms with Gasteiger partial charge in [0, 0.05) is 77.5 Å². The van der Waals surface area contributed by atoms with Gasteiger partial charge in [-0.2, -0.15) is 4.98 Å². The number of hydrogen-bond acceptors (Lipinski definition) is 12. The van der Waals surface area contributed by atoms with E-state index in [4.69, 9.17) is 11.6 Å². The molecule has 4 heterocycles. The Balaban J connectivity index is 1.23. The summed E-state index contributed by atoms with van der Waals surface area (Å²) in [7, 11) is 2.62. The molecule has 2 aromatic carbocycles. The predicted molar refractivity (Wildman–Crippen MR) is 191 cm³/mol. The van der Waals surface area contributed by atoms with Crippen LogP contribution in [-0.4, -0.2) is 111 Å². The lowest BCUT2D eigenvalue weighted by molar-refractivity contribution is 0.0982. The van der Waals surface area contributed by atoms with Crippen LogP contribution in [0, 0.1) is 6.92 Å². The minimum Gasteiger partial charge on any atom is -0.376 e. The monoisotopic (exact) mass is 679 g/mol. The van der Waals surface area contributed by atoms with Gasteiger partial charge in [0.05, 0.1) is 40.7 Å². The quantitative estimate of drug-likeness (QED) is 0.230. The molecular formula is C32H42ClN11O2S. The number of aromatic nitrogens is 4. The van der Waals surface area contributed by atoms with E-state index in [-0.39, 0.29) is 10.7 Å². The Hall–Kier alpha value is -3.98. The molecule has 6 rings (SSSR count). The Labute approximate surface area is 281 Å². The van der Waals surface area contributed by atoms with Crippen LogP contribution in [0.4, 0.5) is 40.2 Å². The number of nitrogens with one attached hydrogen (secondary N) is 3. The number of halogens is 1. The standard InChI is InChI=1S/C32H42ClN11O2S/c1-21-18-26(28(41(2)3)19-27(21)44-12-8-22(9-13-44)43-16-14-42(4)15-17-43)38-32-36-20-23(33)31(39-32)37-25-7-6-24-29(35-11-10-34-24)30(25)40-47(5,45)46/h6-7,10-11,18-20,22,40H,8-9,12-17H2,1-5H3,(H2,36,37,38,39). The van der Waals surface area contributed by atoms with Gasteiger partial charge in [-0.15, -0.1) is 0 Å². The summed E-state index contributed by atoms with van der Waals surface area (Å²) in [6, 6.07) is 8.48. The summed E-state index contributed by atoms with van der Waals surface area (Å²) in [5.74, 6) is 0.630. The van der Waals surface area contributed by atoms with Crippen molar-refractivity contribution in [3.63, 3.8) is 0 Å². The molecule has 4 aromatic rings. The summed E-state index contributed by atoms with van der Waals surface area (Å²) < 4.78 is 27.0. The van der Waals surface area contributed by atoms with E-state index in [1.807, 2.05) is 14.1 Å². The molecule has 0 unspecified atom stereocenters. The fourth-order valence-electron chi connectivity index (χ4n) is 6.35. The van der Waals surface area contributed by atoms with E-state index in [0.29, 0.717) is 34.5 Å². The average molecular weight is 680 g/mol. The number of piperazine rings is 1. The van der Waals surface area contributed by atoms with E-state index in [1.165, 1.54) is 30.9 Å². The highest BCUT2D eigenvalue weighted by molar-refractivity contribution is 7.92. The predicted octanol–water partition coefficient (Wildman–Crippen LogP) is 4.52. The first-order valence-electron chi connectivity index (χ1n) is 15.7. The van der Waals surface area contributed by atoms with Crippen molar-refractivity contribution in [2.45, 2.75) is 25.8 Å². The van der Waals surface area contributed by atoms with Crippen LogP contribution in [-0.2, 0) is 10.0 Å². The highest BCUT2D eigenvalue weighted by atomic mass is 35.5. The van der Waals surface area contributed by atoms with Crippen LogP contribution in [0.3, 0.4) is 0 Å². The van der Waals surface area contributed by atoms with E-state index < -0.39 is 10.0 Å². The van der Waals surface area contributed by atoms with Crippen LogP contribution in [0.15, 0.2) is 42.9 Å². The molecule has 250 valence electrons. The molecule has 0 atom stereocenters. The topological polar surface area (TPSA) is 135 Å². The third kappa shape index (κ3) is 7.61. The SMILES string of the molecule is Cc1cc(Nc2ncc(Cl)c(Nc3ccc4nccnc4c3NS(C)(=O)=O)n2)c(N(C)C)cc1N1CCC(N2CCN(C)CC2)CC1. The van der Waals surface area contributed by atoms with Crippen LogP contribution in [0.25, 0.3) is 11.0 Å². The van der Waals surface area contributed by atoms with E-state index in [2.05, 4.69) is 81.0 Å². The van der Waals surface area contributed by atoms with Gasteiger partial charge in [0.2, 0.25) is 16.0 Å². The van der Waals surface area contributed by atoms with E-state index >= 15 is 0 Å². The molecular weight excluding hydrogens is 638 g/mol. The van der Waals surface area contributed by atoms with Gasteiger partial charge in [0.1, 0.15) is 10.5 Å². The zero-order valence-corrected chi connectivity index (χ0v) is 29.0. The van der Waals surface area contributed by atoms with Crippen LogP contribution in [0.1, 0.15) is 18.4 Å². The normalized spacial score (nSPS) is 16.8. The molecule has 0 spiro atoms. The maximum atomic E-state index is 12.2. The maximum absolute atomic E-state index is 12.2. The first kappa shape index (κ1) is 32.9. The van der Waals surface area contributed by atoms with Gasteiger partial charge in [0.25, 0.3) is 0 Å². The van der Waals surface area contributed by atoms with Crippen molar-refractivity contribution < 1.29 is 8.42 Å². The number of aryl methyl sites for hydroxylation is 1. The van der Waals surface area contributed by atoms with Crippen LogP contribution in [0.2, 0.25) is 5.02 Å². The molecule has 2 fully saturated rings. The highest BCUT2D eigenvalue weighted by Crippen LogP contribution is 2.37. The first-order valence-corrected chi connectivity index (χ1v) is 18.0. The third-order valence-electron chi connectivity index (χ3n) is 8.83. The lowest BCUT2D eigenvalue weighted by Crippen LogP contribution is -2.52. The third-order valence-corrected chi connectivity index (χ3v) is 9.68.